The Kier molecular flexibility index (Phi) is 6.62. The highest BCUT2D eigenvalue weighted by molar-refractivity contribution is 5.89. The third kappa shape index (κ3) is 4.63. The van der Waals surface area contributed by atoms with E-state index in [-0.39, 0.29) is 18.9 Å². The van der Waals surface area contributed by atoms with Crippen LogP contribution in [0.25, 0.3) is 11.1 Å². The lowest BCUT2D eigenvalue weighted by atomic mass is 9.98. The van der Waals surface area contributed by atoms with Gasteiger partial charge in [-0.2, -0.15) is 5.10 Å². The van der Waals surface area contributed by atoms with Crippen molar-refractivity contribution in [2.75, 3.05) is 6.61 Å². The van der Waals surface area contributed by atoms with Crippen LogP contribution in [-0.4, -0.2) is 45.5 Å². The van der Waals surface area contributed by atoms with Crippen molar-refractivity contribution in [3.63, 3.8) is 0 Å². The average molecular weight is 463 g/mol. The predicted octanol–water partition coefficient (Wildman–Crippen LogP) is 2.98. The van der Waals surface area contributed by atoms with Crippen LogP contribution in [0, 0.1) is 0 Å². The smallest absolute Gasteiger partial charge is 0.407 e. The standard InChI is InChI=1S/C25H26N4O5/c1-3-21(23(30)28-22(24(31)32)15-12-26-29(2)13-15)27-25(33)34-14-20-18-10-6-4-8-16(18)17-9-5-7-11-19(17)20/h4-13,20-22H,3,14H2,1-2H3,(H,27,33)(H,28,30)(H,31,32)/t21-,22?/m0/s1. The number of aliphatic carboxylic acids is 1. The molecular formula is C25H26N4O5. The summed E-state index contributed by atoms with van der Waals surface area (Å²) in [6.07, 6.45) is 2.41. The number of carboxylic acids is 1. The maximum absolute atomic E-state index is 12.7. The number of carbonyl (C=O) groups excluding carboxylic acids is 2. The monoisotopic (exact) mass is 462 g/mol. The number of ether oxygens (including phenoxy) is 1. The van der Waals surface area contributed by atoms with Gasteiger partial charge in [0, 0.05) is 24.7 Å². The molecule has 34 heavy (non-hydrogen) atoms. The molecule has 9 nitrogen and oxygen atoms in total. The molecule has 0 bridgehead atoms. The zero-order chi connectivity index (χ0) is 24.2. The maximum Gasteiger partial charge on any atom is 0.407 e. The molecule has 0 saturated heterocycles. The van der Waals surface area contributed by atoms with Crippen LogP contribution >= 0.6 is 0 Å². The number of amides is 2. The Morgan fingerprint density at radius 2 is 1.68 bits per heavy atom. The van der Waals surface area contributed by atoms with Gasteiger partial charge < -0.3 is 20.5 Å². The molecular weight excluding hydrogens is 436 g/mol. The van der Waals surface area contributed by atoms with E-state index in [9.17, 15) is 19.5 Å². The Morgan fingerprint density at radius 3 is 2.21 bits per heavy atom. The second-order valence-corrected chi connectivity index (χ2v) is 8.16. The van der Waals surface area contributed by atoms with Gasteiger partial charge in [-0.05, 0) is 28.7 Å². The van der Waals surface area contributed by atoms with Gasteiger partial charge in [-0.15, -0.1) is 0 Å². The molecule has 176 valence electrons. The summed E-state index contributed by atoms with van der Waals surface area (Å²) < 4.78 is 6.95. The van der Waals surface area contributed by atoms with Gasteiger partial charge in [0.15, 0.2) is 6.04 Å². The van der Waals surface area contributed by atoms with Crippen LogP contribution in [0.3, 0.4) is 0 Å². The van der Waals surface area contributed by atoms with Gasteiger partial charge in [0.2, 0.25) is 5.91 Å². The second-order valence-electron chi connectivity index (χ2n) is 8.16. The first-order valence-corrected chi connectivity index (χ1v) is 11.0. The summed E-state index contributed by atoms with van der Waals surface area (Å²) in [6.45, 7) is 1.83. The second kappa shape index (κ2) is 9.78. The van der Waals surface area contributed by atoms with Crippen molar-refractivity contribution in [3.05, 3.63) is 77.6 Å². The molecule has 3 aromatic rings. The molecule has 2 amide bonds. The number of hydrogen-bond donors (Lipinski definition) is 3. The Bertz CT molecular complexity index is 1180. The van der Waals surface area contributed by atoms with Crippen LogP contribution in [-0.2, 0) is 21.4 Å². The fourth-order valence-electron chi connectivity index (χ4n) is 4.26. The van der Waals surface area contributed by atoms with Crippen molar-refractivity contribution < 1.29 is 24.2 Å². The molecule has 3 N–H and O–H groups in total. The molecule has 0 radical (unpaired) electrons. The molecule has 2 aromatic carbocycles. The van der Waals surface area contributed by atoms with E-state index in [1.165, 1.54) is 17.1 Å². The van der Waals surface area contributed by atoms with Crippen LogP contribution in [0.4, 0.5) is 4.79 Å². The lowest BCUT2D eigenvalue weighted by Gasteiger charge is -2.20. The van der Waals surface area contributed by atoms with Crippen molar-refractivity contribution in [1.82, 2.24) is 20.4 Å². The van der Waals surface area contributed by atoms with E-state index in [1.807, 2.05) is 48.5 Å². The number of rotatable bonds is 8. The third-order valence-corrected chi connectivity index (χ3v) is 5.95. The number of benzene rings is 2. The van der Waals surface area contributed by atoms with Gasteiger partial charge in [-0.1, -0.05) is 55.5 Å². The zero-order valence-electron chi connectivity index (χ0n) is 18.9. The minimum atomic E-state index is -1.28. The number of nitrogens with zero attached hydrogens (tertiary/aromatic N) is 2. The summed E-state index contributed by atoms with van der Waals surface area (Å²) in [6, 6.07) is 13.8. The summed E-state index contributed by atoms with van der Waals surface area (Å²) >= 11 is 0. The summed E-state index contributed by atoms with van der Waals surface area (Å²) in [5.41, 5.74) is 4.74. The summed E-state index contributed by atoms with van der Waals surface area (Å²) in [5, 5.41) is 18.5. The molecule has 9 heteroatoms. The van der Waals surface area contributed by atoms with Gasteiger partial charge in [-0.25, -0.2) is 9.59 Å². The van der Waals surface area contributed by atoms with E-state index in [1.54, 1.807) is 14.0 Å². The van der Waals surface area contributed by atoms with Crippen LogP contribution in [0.5, 0.6) is 0 Å². The van der Waals surface area contributed by atoms with Gasteiger partial charge in [0.1, 0.15) is 12.6 Å². The molecule has 4 rings (SSSR count). The highest BCUT2D eigenvalue weighted by Gasteiger charge is 2.31. The van der Waals surface area contributed by atoms with E-state index < -0.39 is 30.1 Å². The number of nitrogens with one attached hydrogen (secondary N) is 2. The number of hydrogen-bond acceptors (Lipinski definition) is 5. The number of fused-ring (bicyclic) bond motifs is 3. The average Bonchev–Trinajstić information content (AvgIpc) is 3.40. The van der Waals surface area contributed by atoms with Crippen LogP contribution in [0.1, 0.15) is 42.0 Å². The molecule has 1 aliphatic carbocycles. The number of aromatic nitrogens is 2. The third-order valence-electron chi connectivity index (χ3n) is 5.95. The molecule has 1 aromatic heterocycles. The Hall–Kier alpha value is -4.14. The Balaban J connectivity index is 1.39. The lowest BCUT2D eigenvalue weighted by Crippen LogP contribution is -2.48. The largest absolute Gasteiger partial charge is 0.479 e. The SMILES string of the molecule is CC[C@H](NC(=O)OCC1c2ccccc2-c2ccccc21)C(=O)NC(C(=O)O)c1cnn(C)c1. The number of aryl methyl sites for hydroxylation is 1. The summed E-state index contributed by atoms with van der Waals surface area (Å²) in [7, 11) is 1.65. The highest BCUT2D eigenvalue weighted by Crippen LogP contribution is 2.44. The van der Waals surface area contributed by atoms with Crippen molar-refractivity contribution in [2.24, 2.45) is 7.05 Å². The molecule has 1 aliphatic rings. The van der Waals surface area contributed by atoms with Crippen molar-refractivity contribution in [3.8, 4) is 11.1 Å². The van der Waals surface area contributed by atoms with E-state index in [4.69, 9.17) is 4.74 Å². The molecule has 0 aliphatic heterocycles. The Labute approximate surface area is 196 Å². The van der Waals surface area contributed by atoms with E-state index in [0.717, 1.165) is 22.3 Å². The predicted molar refractivity (Wildman–Crippen MR) is 124 cm³/mol. The number of carboxylic acid groups (broad SMARTS) is 1. The van der Waals surface area contributed by atoms with Crippen LogP contribution in [0.2, 0.25) is 0 Å². The van der Waals surface area contributed by atoms with Gasteiger partial charge >= 0.3 is 12.1 Å². The van der Waals surface area contributed by atoms with Gasteiger partial charge in [0.25, 0.3) is 0 Å². The van der Waals surface area contributed by atoms with Gasteiger partial charge in [-0.3, -0.25) is 9.48 Å². The number of carbonyl (C=O) groups is 3. The van der Waals surface area contributed by atoms with E-state index in [0.29, 0.717) is 5.56 Å². The Morgan fingerprint density at radius 1 is 1.06 bits per heavy atom. The molecule has 0 spiro atoms. The molecule has 0 saturated carbocycles. The van der Waals surface area contributed by atoms with Crippen LogP contribution < -0.4 is 10.6 Å². The van der Waals surface area contributed by atoms with Crippen molar-refractivity contribution in [1.29, 1.82) is 0 Å². The first-order chi connectivity index (χ1) is 16.4. The minimum Gasteiger partial charge on any atom is -0.479 e. The van der Waals surface area contributed by atoms with Gasteiger partial charge in [0.05, 0.1) is 6.20 Å². The van der Waals surface area contributed by atoms with E-state index in [2.05, 4.69) is 15.7 Å². The molecule has 2 atom stereocenters. The fraction of sp³-hybridized carbons (Fsp3) is 0.280. The first kappa shape index (κ1) is 23.0. The van der Waals surface area contributed by atoms with E-state index >= 15 is 0 Å². The molecule has 0 fully saturated rings. The summed E-state index contributed by atoms with van der Waals surface area (Å²) in [4.78, 5) is 36.9. The maximum atomic E-state index is 12.7. The zero-order valence-corrected chi connectivity index (χ0v) is 18.9. The van der Waals surface area contributed by atoms with Crippen molar-refractivity contribution in [2.45, 2.75) is 31.3 Å². The molecule has 1 unspecified atom stereocenters. The topological polar surface area (TPSA) is 123 Å². The minimum absolute atomic E-state index is 0.103. The lowest BCUT2D eigenvalue weighted by molar-refractivity contribution is -0.142. The fourth-order valence-corrected chi connectivity index (χ4v) is 4.26. The van der Waals surface area contributed by atoms with Crippen LogP contribution in [0.15, 0.2) is 60.9 Å². The normalized spacial score (nSPS) is 13.9. The highest BCUT2D eigenvalue weighted by atomic mass is 16.5. The summed E-state index contributed by atoms with van der Waals surface area (Å²) in [5.74, 6) is -1.95. The van der Waals surface area contributed by atoms with Crippen molar-refractivity contribution >= 4 is 18.0 Å². The quantitative estimate of drug-likeness (QED) is 0.473. The molecule has 1 heterocycles. The first-order valence-electron chi connectivity index (χ1n) is 11.0. The number of alkyl carbamates (subject to hydrolysis) is 1.